The first-order valence-electron chi connectivity index (χ1n) is 10.1. The van der Waals surface area contributed by atoms with Crippen molar-refractivity contribution in [3.05, 3.63) is 51.4 Å². The third kappa shape index (κ3) is 3.10. The number of benzene rings is 2. The molecule has 8 heteroatoms. The summed E-state index contributed by atoms with van der Waals surface area (Å²) in [4.78, 5) is 20.3. The standard InChI is InChI=1S/C22H20ClF2N3OS/c1-12-4-2-3-7-27(12)21-15-11-16(23)18(14-6-5-13(24)10-17(14)25)20-19(15)28(8-9-30-20)22(29)26-21/h5-6,10-12H,2-4,7-9H2,1H3/t12-/m1/s1. The van der Waals surface area contributed by atoms with Gasteiger partial charge in [0.05, 0.1) is 10.5 Å². The fourth-order valence-corrected chi connectivity index (χ4v) is 6.08. The van der Waals surface area contributed by atoms with Gasteiger partial charge in [0.2, 0.25) is 0 Å². The molecule has 30 heavy (non-hydrogen) atoms. The summed E-state index contributed by atoms with van der Waals surface area (Å²) < 4.78 is 29.8. The number of rotatable bonds is 2. The summed E-state index contributed by atoms with van der Waals surface area (Å²) in [6.45, 7) is 3.51. The molecule has 0 N–H and O–H groups in total. The van der Waals surface area contributed by atoms with Gasteiger partial charge in [-0.2, -0.15) is 4.98 Å². The van der Waals surface area contributed by atoms with Crippen molar-refractivity contribution in [1.29, 1.82) is 0 Å². The second-order valence-electron chi connectivity index (χ2n) is 7.84. The van der Waals surface area contributed by atoms with E-state index in [1.54, 1.807) is 22.4 Å². The highest BCUT2D eigenvalue weighted by Crippen LogP contribution is 2.46. The number of aryl methyl sites for hydroxylation is 1. The van der Waals surface area contributed by atoms with E-state index in [-0.39, 0.29) is 17.3 Å². The largest absolute Gasteiger partial charge is 0.353 e. The lowest BCUT2D eigenvalue weighted by atomic mass is 10.0. The number of hydrogen-bond donors (Lipinski definition) is 0. The second kappa shape index (κ2) is 7.54. The van der Waals surface area contributed by atoms with Crippen molar-refractivity contribution < 1.29 is 8.78 Å². The zero-order valence-electron chi connectivity index (χ0n) is 16.4. The SMILES string of the molecule is C[C@@H]1CCCCN1c1nc(=O)n2c3c(c(-c4ccc(F)cc4F)c(Cl)cc13)SCC2. The minimum atomic E-state index is -0.675. The summed E-state index contributed by atoms with van der Waals surface area (Å²) in [5.41, 5.74) is 1.17. The quantitative estimate of drug-likeness (QED) is 0.521. The Morgan fingerprint density at radius 1 is 1.20 bits per heavy atom. The molecule has 5 rings (SSSR count). The Morgan fingerprint density at radius 2 is 2.03 bits per heavy atom. The molecule has 2 aromatic carbocycles. The van der Waals surface area contributed by atoms with Crippen LogP contribution in [0.1, 0.15) is 26.2 Å². The van der Waals surface area contributed by atoms with Crippen molar-refractivity contribution in [3.8, 4) is 11.1 Å². The monoisotopic (exact) mass is 447 g/mol. The molecule has 4 nitrogen and oxygen atoms in total. The lowest BCUT2D eigenvalue weighted by molar-refractivity contribution is 0.481. The molecule has 2 aliphatic heterocycles. The van der Waals surface area contributed by atoms with Crippen molar-refractivity contribution >= 4 is 40.1 Å². The third-order valence-corrected chi connectivity index (χ3v) is 7.36. The maximum Gasteiger partial charge on any atom is 0.350 e. The summed E-state index contributed by atoms with van der Waals surface area (Å²) in [7, 11) is 0. The van der Waals surface area contributed by atoms with Gasteiger partial charge in [0.15, 0.2) is 0 Å². The predicted octanol–water partition coefficient (Wildman–Crippen LogP) is 5.48. The van der Waals surface area contributed by atoms with Gasteiger partial charge in [-0.25, -0.2) is 13.6 Å². The number of piperidine rings is 1. The highest BCUT2D eigenvalue weighted by molar-refractivity contribution is 7.99. The lowest BCUT2D eigenvalue weighted by Crippen LogP contribution is -2.40. The molecule has 0 spiro atoms. The van der Waals surface area contributed by atoms with Crippen LogP contribution < -0.4 is 10.6 Å². The molecule has 1 saturated heterocycles. The van der Waals surface area contributed by atoms with Gasteiger partial charge in [0.1, 0.15) is 17.5 Å². The first kappa shape index (κ1) is 19.8. The van der Waals surface area contributed by atoms with Crippen molar-refractivity contribution in [2.45, 2.75) is 43.7 Å². The molecule has 1 aromatic heterocycles. The zero-order valence-corrected chi connectivity index (χ0v) is 18.0. The maximum absolute atomic E-state index is 14.7. The molecule has 0 saturated carbocycles. The molecule has 0 bridgehead atoms. The molecule has 0 radical (unpaired) electrons. The number of hydrogen-bond acceptors (Lipinski definition) is 4. The van der Waals surface area contributed by atoms with Crippen LogP contribution in [0.5, 0.6) is 0 Å². The van der Waals surface area contributed by atoms with Crippen LogP contribution in [0, 0.1) is 11.6 Å². The zero-order chi connectivity index (χ0) is 21.0. The second-order valence-corrected chi connectivity index (χ2v) is 9.35. The van der Waals surface area contributed by atoms with Gasteiger partial charge in [-0.1, -0.05) is 11.6 Å². The Morgan fingerprint density at radius 3 is 2.80 bits per heavy atom. The summed E-state index contributed by atoms with van der Waals surface area (Å²) in [5, 5.41) is 1.18. The molecule has 156 valence electrons. The van der Waals surface area contributed by atoms with Gasteiger partial charge >= 0.3 is 5.69 Å². The van der Waals surface area contributed by atoms with Crippen LogP contribution in [-0.4, -0.2) is 27.9 Å². The minimum Gasteiger partial charge on any atom is -0.353 e. The number of anilines is 1. The van der Waals surface area contributed by atoms with Crippen LogP contribution in [0.15, 0.2) is 34.0 Å². The molecular formula is C22H20ClF2N3OS. The molecule has 0 aliphatic carbocycles. The molecule has 0 amide bonds. The normalized spacial score (nSPS) is 18.8. The van der Waals surface area contributed by atoms with Gasteiger partial charge in [0, 0.05) is 52.4 Å². The van der Waals surface area contributed by atoms with Crippen LogP contribution in [0.25, 0.3) is 22.0 Å². The van der Waals surface area contributed by atoms with E-state index in [9.17, 15) is 13.6 Å². The minimum absolute atomic E-state index is 0.233. The Balaban J connectivity index is 1.84. The molecule has 2 aliphatic rings. The molecule has 1 fully saturated rings. The first-order chi connectivity index (χ1) is 14.5. The van der Waals surface area contributed by atoms with E-state index in [0.29, 0.717) is 28.7 Å². The Labute approximate surface area is 181 Å². The van der Waals surface area contributed by atoms with Gasteiger partial charge in [-0.15, -0.1) is 11.8 Å². The van der Waals surface area contributed by atoms with Crippen LogP contribution in [0.4, 0.5) is 14.6 Å². The average molecular weight is 448 g/mol. The topological polar surface area (TPSA) is 38.1 Å². The van der Waals surface area contributed by atoms with E-state index in [2.05, 4.69) is 16.8 Å². The van der Waals surface area contributed by atoms with E-state index in [1.807, 2.05) is 0 Å². The Hall–Kier alpha value is -2.12. The fourth-order valence-electron chi connectivity index (χ4n) is 4.52. The Kier molecular flexibility index (Phi) is 4.98. The summed E-state index contributed by atoms with van der Waals surface area (Å²) in [6.07, 6.45) is 3.24. The van der Waals surface area contributed by atoms with Crippen molar-refractivity contribution in [3.63, 3.8) is 0 Å². The fraction of sp³-hybridized carbons (Fsp3) is 0.364. The van der Waals surface area contributed by atoms with Crippen LogP contribution in [0.3, 0.4) is 0 Å². The highest BCUT2D eigenvalue weighted by atomic mass is 35.5. The number of nitrogens with zero attached hydrogens (tertiary/aromatic N) is 3. The van der Waals surface area contributed by atoms with Crippen LogP contribution >= 0.6 is 23.4 Å². The maximum atomic E-state index is 14.7. The summed E-state index contributed by atoms with van der Waals surface area (Å²) >= 11 is 8.23. The van der Waals surface area contributed by atoms with E-state index in [1.165, 1.54) is 12.1 Å². The third-order valence-electron chi connectivity index (χ3n) is 5.99. The summed E-state index contributed by atoms with van der Waals surface area (Å²) in [5.74, 6) is -0.0158. The average Bonchev–Trinajstić information content (AvgIpc) is 2.72. The first-order valence-corrected chi connectivity index (χ1v) is 11.4. The summed E-state index contributed by atoms with van der Waals surface area (Å²) in [6, 6.07) is 5.54. The molecular weight excluding hydrogens is 428 g/mol. The van der Waals surface area contributed by atoms with Crippen molar-refractivity contribution in [1.82, 2.24) is 9.55 Å². The van der Waals surface area contributed by atoms with E-state index in [4.69, 9.17) is 11.6 Å². The smallest absolute Gasteiger partial charge is 0.350 e. The molecule has 0 unspecified atom stereocenters. The van der Waals surface area contributed by atoms with Gasteiger partial charge in [0.25, 0.3) is 0 Å². The van der Waals surface area contributed by atoms with Crippen molar-refractivity contribution in [2.75, 3.05) is 17.2 Å². The van der Waals surface area contributed by atoms with E-state index in [0.717, 1.165) is 47.7 Å². The van der Waals surface area contributed by atoms with Crippen molar-refractivity contribution in [2.24, 2.45) is 0 Å². The Bertz CT molecular complexity index is 1230. The molecule has 3 heterocycles. The van der Waals surface area contributed by atoms with E-state index < -0.39 is 11.6 Å². The van der Waals surface area contributed by atoms with Crippen LogP contribution in [-0.2, 0) is 6.54 Å². The molecule has 3 aromatic rings. The lowest BCUT2D eigenvalue weighted by Gasteiger charge is -2.35. The van der Waals surface area contributed by atoms with Gasteiger partial charge < -0.3 is 4.90 Å². The number of aromatic nitrogens is 2. The number of halogens is 3. The van der Waals surface area contributed by atoms with E-state index >= 15 is 0 Å². The number of thioether (sulfide) groups is 1. The van der Waals surface area contributed by atoms with Gasteiger partial charge in [-0.05, 0) is 44.4 Å². The van der Waals surface area contributed by atoms with Gasteiger partial charge in [-0.3, -0.25) is 4.57 Å². The van der Waals surface area contributed by atoms with Crippen LogP contribution in [0.2, 0.25) is 5.02 Å². The molecule has 1 atom stereocenters. The highest BCUT2D eigenvalue weighted by Gasteiger charge is 2.29. The predicted molar refractivity (Wildman–Crippen MR) is 118 cm³/mol.